The van der Waals surface area contributed by atoms with Crippen LogP contribution in [-0.4, -0.2) is 36.7 Å². The molecule has 0 unspecified atom stereocenters. The second-order valence-corrected chi connectivity index (χ2v) is 9.33. The van der Waals surface area contributed by atoms with E-state index in [9.17, 15) is 0 Å². The number of aromatic nitrogens is 1. The van der Waals surface area contributed by atoms with Crippen molar-refractivity contribution in [3.05, 3.63) is 101 Å². The first-order valence-electron chi connectivity index (χ1n) is 11.0. The minimum atomic E-state index is 0.867. The van der Waals surface area contributed by atoms with Crippen molar-refractivity contribution >= 4 is 15.9 Å². The monoisotopic (exact) mass is 487 g/mol. The normalized spacial score (nSPS) is 11.3. The topological polar surface area (TPSA) is 20.2 Å². The van der Waals surface area contributed by atoms with Crippen molar-refractivity contribution < 1.29 is 0 Å². The summed E-state index contributed by atoms with van der Waals surface area (Å²) in [5.74, 6) is 0. The van der Waals surface area contributed by atoms with Gasteiger partial charge in [0, 0.05) is 29.8 Å². The molecule has 0 saturated carbocycles. The number of hydrogen-bond acceptors (Lipinski definition) is 2. The summed E-state index contributed by atoms with van der Waals surface area (Å²) in [7, 11) is 4.20. The van der Waals surface area contributed by atoms with E-state index in [-0.39, 0.29) is 0 Å². The third-order valence-corrected chi connectivity index (χ3v) is 6.19. The van der Waals surface area contributed by atoms with Gasteiger partial charge in [0.15, 0.2) is 0 Å². The smallest absolute Gasteiger partial charge is 0.0535 e. The third kappa shape index (κ3) is 5.21. The number of rotatable bonds is 8. The summed E-state index contributed by atoms with van der Waals surface area (Å²) in [5, 5.41) is 3.55. The molecule has 0 fully saturated rings. The van der Waals surface area contributed by atoms with Crippen LogP contribution in [0, 0.1) is 6.92 Å². The van der Waals surface area contributed by atoms with E-state index < -0.39 is 0 Å². The lowest BCUT2D eigenvalue weighted by Crippen LogP contribution is -2.26. The zero-order valence-electron chi connectivity index (χ0n) is 19.0. The van der Waals surface area contributed by atoms with Gasteiger partial charge in [-0.15, -0.1) is 0 Å². The van der Waals surface area contributed by atoms with Gasteiger partial charge < -0.3 is 14.8 Å². The number of halogens is 1. The number of para-hydroxylation sites is 1. The maximum atomic E-state index is 3.56. The second-order valence-electron chi connectivity index (χ2n) is 8.41. The van der Waals surface area contributed by atoms with Crippen LogP contribution in [0.25, 0.3) is 28.2 Å². The van der Waals surface area contributed by atoms with Crippen LogP contribution >= 0.6 is 15.9 Å². The minimum Gasteiger partial charge on any atom is -0.311 e. The number of aryl methyl sites for hydroxylation is 1. The van der Waals surface area contributed by atoms with Crippen molar-refractivity contribution in [1.82, 2.24) is 14.8 Å². The van der Waals surface area contributed by atoms with Crippen LogP contribution in [0.1, 0.15) is 11.1 Å². The molecule has 164 valence electrons. The maximum absolute atomic E-state index is 3.56. The standard InChI is InChI=1S/C28H30BrN3/c1-21-7-4-5-10-26(21)32-27(23-11-13-25(29)14-12-23)15-16-28(32)24-9-6-8-22(19-24)20-30-17-18-31(2)3/h4-16,19,30H,17-18,20H2,1-3H3. The Morgan fingerprint density at radius 3 is 2.25 bits per heavy atom. The average Bonchev–Trinajstić information content (AvgIpc) is 3.22. The Bertz CT molecular complexity index is 1180. The number of nitrogens with zero attached hydrogens (tertiary/aromatic N) is 2. The van der Waals surface area contributed by atoms with Crippen molar-refractivity contribution in [2.45, 2.75) is 13.5 Å². The highest BCUT2D eigenvalue weighted by atomic mass is 79.9. The summed E-state index contributed by atoms with van der Waals surface area (Å²) < 4.78 is 3.47. The number of nitrogens with one attached hydrogen (secondary N) is 1. The molecule has 4 heteroatoms. The molecule has 0 radical (unpaired) electrons. The van der Waals surface area contributed by atoms with Gasteiger partial charge in [0.25, 0.3) is 0 Å². The summed E-state index contributed by atoms with van der Waals surface area (Å²) in [6.07, 6.45) is 0. The number of hydrogen-bond donors (Lipinski definition) is 1. The Balaban J connectivity index is 1.74. The summed E-state index contributed by atoms with van der Waals surface area (Å²) in [4.78, 5) is 2.20. The molecule has 0 aliphatic carbocycles. The molecule has 0 aliphatic heterocycles. The Hall–Kier alpha value is -2.66. The van der Waals surface area contributed by atoms with Crippen LogP contribution in [0.3, 0.4) is 0 Å². The molecular formula is C28H30BrN3. The van der Waals surface area contributed by atoms with Gasteiger partial charge in [-0.25, -0.2) is 0 Å². The molecular weight excluding hydrogens is 458 g/mol. The van der Waals surface area contributed by atoms with Crippen molar-refractivity contribution in [2.75, 3.05) is 27.2 Å². The molecule has 0 spiro atoms. The number of likely N-dealkylation sites (N-methyl/N-ethyl adjacent to an activating group) is 1. The Morgan fingerprint density at radius 2 is 1.53 bits per heavy atom. The van der Waals surface area contributed by atoms with Crippen LogP contribution in [0.2, 0.25) is 0 Å². The van der Waals surface area contributed by atoms with E-state index in [0.717, 1.165) is 24.1 Å². The highest BCUT2D eigenvalue weighted by molar-refractivity contribution is 9.10. The van der Waals surface area contributed by atoms with Crippen LogP contribution in [-0.2, 0) is 6.54 Å². The first-order valence-corrected chi connectivity index (χ1v) is 11.8. The van der Waals surface area contributed by atoms with E-state index >= 15 is 0 Å². The molecule has 1 heterocycles. The lowest BCUT2D eigenvalue weighted by Gasteiger charge is -2.17. The molecule has 4 rings (SSSR count). The second kappa shape index (κ2) is 10.3. The van der Waals surface area contributed by atoms with Crippen molar-refractivity contribution in [3.63, 3.8) is 0 Å². The summed E-state index contributed by atoms with van der Waals surface area (Å²) in [6.45, 7) is 5.05. The quantitative estimate of drug-likeness (QED) is 0.285. The molecule has 4 aromatic rings. The van der Waals surface area contributed by atoms with Gasteiger partial charge >= 0.3 is 0 Å². The minimum absolute atomic E-state index is 0.867. The highest BCUT2D eigenvalue weighted by Gasteiger charge is 2.15. The van der Waals surface area contributed by atoms with E-state index in [1.165, 1.54) is 39.3 Å². The van der Waals surface area contributed by atoms with E-state index in [1.807, 2.05) is 0 Å². The molecule has 0 bridgehead atoms. The van der Waals surface area contributed by atoms with Gasteiger partial charge in [-0.05, 0) is 79.7 Å². The van der Waals surface area contributed by atoms with Crippen LogP contribution in [0.4, 0.5) is 0 Å². The fraction of sp³-hybridized carbons (Fsp3) is 0.214. The molecule has 0 aliphatic rings. The Labute approximate surface area is 199 Å². The first kappa shape index (κ1) is 22.5. The molecule has 0 atom stereocenters. The highest BCUT2D eigenvalue weighted by Crippen LogP contribution is 2.34. The predicted octanol–water partition coefficient (Wildman–Crippen LogP) is 6.53. The van der Waals surface area contributed by atoms with Crippen molar-refractivity contribution in [2.24, 2.45) is 0 Å². The predicted molar refractivity (Wildman–Crippen MR) is 139 cm³/mol. The van der Waals surface area contributed by atoms with Gasteiger partial charge in [0.2, 0.25) is 0 Å². The average molecular weight is 488 g/mol. The lowest BCUT2D eigenvalue weighted by molar-refractivity contribution is 0.400. The number of benzene rings is 3. The molecule has 3 nitrogen and oxygen atoms in total. The Morgan fingerprint density at radius 1 is 0.812 bits per heavy atom. The fourth-order valence-electron chi connectivity index (χ4n) is 3.96. The van der Waals surface area contributed by atoms with Gasteiger partial charge in [0.1, 0.15) is 0 Å². The largest absolute Gasteiger partial charge is 0.311 e. The Kier molecular flexibility index (Phi) is 7.26. The molecule has 0 amide bonds. The fourth-order valence-corrected chi connectivity index (χ4v) is 4.22. The third-order valence-electron chi connectivity index (χ3n) is 5.66. The van der Waals surface area contributed by atoms with Crippen LogP contribution in [0.15, 0.2) is 89.4 Å². The summed E-state index contributed by atoms with van der Waals surface area (Å²) >= 11 is 3.56. The van der Waals surface area contributed by atoms with E-state index in [4.69, 9.17) is 0 Å². The first-order chi connectivity index (χ1) is 15.5. The van der Waals surface area contributed by atoms with Gasteiger partial charge in [-0.2, -0.15) is 0 Å². The molecule has 0 saturated heterocycles. The zero-order valence-corrected chi connectivity index (χ0v) is 20.6. The maximum Gasteiger partial charge on any atom is 0.0535 e. The molecule has 32 heavy (non-hydrogen) atoms. The van der Waals surface area contributed by atoms with Gasteiger partial charge in [0.05, 0.1) is 11.4 Å². The van der Waals surface area contributed by atoms with E-state index in [0.29, 0.717) is 0 Å². The molecule has 1 N–H and O–H groups in total. The SMILES string of the molecule is Cc1ccccc1-n1c(-c2ccc(Br)cc2)ccc1-c1cccc(CNCCN(C)C)c1. The van der Waals surface area contributed by atoms with Gasteiger partial charge in [-0.1, -0.05) is 64.5 Å². The lowest BCUT2D eigenvalue weighted by atomic mass is 10.1. The van der Waals surface area contributed by atoms with Crippen molar-refractivity contribution in [3.8, 4) is 28.2 Å². The van der Waals surface area contributed by atoms with Crippen LogP contribution < -0.4 is 5.32 Å². The molecule has 1 aromatic heterocycles. The van der Waals surface area contributed by atoms with E-state index in [1.54, 1.807) is 0 Å². The van der Waals surface area contributed by atoms with Gasteiger partial charge in [-0.3, -0.25) is 0 Å². The molecule has 3 aromatic carbocycles. The van der Waals surface area contributed by atoms with Crippen molar-refractivity contribution in [1.29, 1.82) is 0 Å². The summed E-state index contributed by atoms with van der Waals surface area (Å²) in [5.41, 5.74) is 8.57. The summed E-state index contributed by atoms with van der Waals surface area (Å²) in [6, 6.07) is 30.5. The van der Waals surface area contributed by atoms with E-state index in [2.05, 4.69) is 137 Å². The van der Waals surface area contributed by atoms with Crippen LogP contribution in [0.5, 0.6) is 0 Å². The zero-order chi connectivity index (χ0) is 22.5.